The van der Waals surface area contributed by atoms with E-state index in [1.54, 1.807) is 14.1 Å². The van der Waals surface area contributed by atoms with Crippen LogP contribution in [0.2, 0.25) is 0 Å². The molecule has 0 nitrogen and oxygen atoms in total. The molecule has 0 saturated heterocycles. The Morgan fingerprint density at radius 2 is 0.769 bits per heavy atom. The van der Waals surface area contributed by atoms with Gasteiger partial charge in [0, 0.05) is 86.1 Å². The van der Waals surface area contributed by atoms with Crippen molar-refractivity contribution in [3.8, 4) is 0 Å². The van der Waals surface area contributed by atoms with E-state index in [1.807, 2.05) is 42.4 Å². The number of hydrogen-bond donors (Lipinski definition) is 0. The Bertz CT molecular complexity index is 66.7. The Kier molecular flexibility index (Phi) is 24.1. The van der Waals surface area contributed by atoms with Gasteiger partial charge in [0.15, 0.2) is 0 Å². The monoisotopic (exact) mass is 266 g/mol. The largest absolute Gasteiger partial charge is 1.00 e. The van der Waals surface area contributed by atoms with Crippen molar-refractivity contribution in [3.63, 3.8) is 0 Å². The third-order valence-electron chi connectivity index (χ3n) is 1.00. The molecule has 0 amide bonds. The fourth-order valence-electron chi connectivity index (χ4n) is 0.513. The standard InChI is InChI=1S/B12.Cs.H/c1-3-5-7-9-11-12-10-8-6-4-2;;/q;+1;-1. The molecule has 0 rings (SSSR count). The minimum Gasteiger partial charge on any atom is -1.00 e. The topological polar surface area (TPSA) is 0 Å². The summed E-state index contributed by atoms with van der Waals surface area (Å²) < 4.78 is 0. The van der Waals surface area contributed by atoms with E-state index in [0.717, 1.165) is 0 Å². The van der Waals surface area contributed by atoms with E-state index in [9.17, 15) is 0 Å². The second kappa shape index (κ2) is 17.2. The predicted molar refractivity (Wildman–Crippen MR) is 70.2 cm³/mol. The summed E-state index contributed by atoms with van der Waals surface area (Å²) in [6.45, 7) is 0. The van der Waals surface area contributed by atoms with Crippen LogP contribution in [0.3, 0.4) is 0 Å². The summed E-state index contributed by atoms with van der Waals surface area (Å²) in [5.41, 5.74) is 0. The molecule has 0 bridgehead atoms. The maximum Gasteiger partial charge on any atom is 1.00 e. The van der Waals surface area contributed by atoms with Crippen LogP contribution in [0.4, 0.5) is 0 Å². The molecule has 0 fully saturated rings. The van der Waals surface area contributed by atoms with Gasteiger partial charge < -0.3 is 1.43 Å². The van der Waals surface area contributed by atoms with Gasteiger partial charge in [-0.1, -0.05) is 0 Å². The van der Waals surface area contributed by atoms with Gasteiger partial charge in [0.1, 0.15) is 0 Å². The third kappa shape index (κ3) is 17.4. The first-order valence-corrected chi connectivity index (χ1v) is 3.67. The summed E-state index contributed by atoms with van der Waals surface area (Å²) in [4.78, 5) is 0. The zero-order chi connectivity index (χ0) is 9.07. The second-order valence-corrected chi connectivity index (χ2v) is 1.92. The summed E-state index contributed by atoms with van der Waals surface area (Å²) in [7, 11) is 28.0. The molecule has 0 aliphatic heterocycles. The molecular formula is HB12Cs. The van der Waals surface area contributed by atoms with Gasteiger partial charge in [0.2, 0.25) is 0 Å². The summed E-state index contributed by atoms with van der Waals surface area (Å²) in [5, 5.41) is 0. The molecule has 0 unspecified atom stereocenters. The molecule has 0 aliphatic rings. The quantitative estimate of drug-likeness (QED) is 0.286. The molecule has 14 radical (unpaired) electrons. The van der Waals surface area contributed by atoms with Crippen molar-refractivity contribution in [2.75, 3.05) is 0 Å². The Labute approximate surface area is 153 Å². The third-order valence-corrected chi connectivity index (χ3v) is 1.00. The van der Waals surface area contributed by atoms with Crippen LogP contribution >= 0.6 is 0 Å². The SMILES string of the molecule is [B][B][B][B][B][B][B][B][B][B][B][B].[Cs+].[H-]. The summed E-state index contributed by atoms with van der Waals surface area (Å²) in [5.74, 6) is 0. The van der Waals surface area contributed by atoms with Crippen molar-refractivity contribution in [1.29, 1.82) is 0 Å². The molecule has 0 aromatic carbocycles. The van der Waals surface area contributed by atoms with E-state index in [-0.39, 0.29) is 70.3 Å². The van der Waals surface area contributed by atoms with Gasteiger partial charge in [-0.3, -0.25) is 0 Å². The average Bonchev–Trinajstić information content (AvgIpc) is 2.10. The van der Waals surface area contributed by atoms with Crippen molar-refractivity contribution in [2.45, 2.75) is 0 Å². The van der Waals surface area contributed by atoms with Gasteiger partial charge >= 0.3 is 68.9 Å². The maximum absolute atomic E-state index is 5.12. The van der Waals surface area contributed by atoms with Gasteiger partial charge in [-0.25, -0.2) is 0 Å². The van der Waals surface area contributed by atoms with Gasteiger partial charge in [0.05, 0.1) is 0 Å². The van der Waals surface area contributed by atoms with E-state index < -0.39 is 0 Å². The number of hydrogen-bond acceptors (Lipinski definition) is 0. The molecule has 0 saturated carbocycles. The van der Waals surface area contributed by atoms with Crippen LogP contribution in [0.1, 0.15) is 1.43 Å². The van der Waals surface area contributed by atoms with Crippen LogP contribution in [0.15, 0.2) is 0 Å². The molecule has 0 N–H and O–H groups in total. The Balaban J connectivity index is -0.000000605. The molecule has 13 heavy (non-hydrogen) atoms. The van der Waals surface area contributed by atoms with Crippen molar-refractivity contribution >= 4 is 86.1 Å². The van der Waals surface area contributed by atoms with Crippen LogP contribution in [0.25, 0.3) is 0 Å². The average molecular weight is 264 g/mol. The van der Waals surface area contributed by atoms with Gasteiger partial charge in [0.25, 0.3) is 0 Å². The first-order chi connectivity index (χ1) is 5.91. The van der Waals surface area contributed by atoms with E-state index >= 15 is 0 Å². The van der Waals surface area contributed by atoms with Crippen molar-refractivity contribution < 1.29 is 70.3 Å². The summed E-state index contributed by atoms with van der Waals surface area (Å²) >= 11 is 0. The second-order valence-electron chi connectivity index (χ2n) is 1.92. The van der Waals surface area contributed by atoms with Crippen molar-refractivity contribution in [2.24, 2.45) is 0 Å². The first kappa shape index (κ1) is 18.2. The number of rotatable bonds is 9. The van der Waals surface area contributed by atoms with Gasteiger partial charge in [-0.2, -0.15) is 0 Å². The molecule has 13 heteroatoms. The molecule has 0 aromatic heterocycles. The summed E-state index contributed by atoms with van der Waals surface area (Å²) in [6.07, 6.45) is 0. The van der Waals surface area contributed by atoms with Crippen molar-refractivity contribution in [1.82, 2.24) is 0 Å². The molecule has 0 spiro atoms. The fourth-order valence-corrected chi connectivity index (χ4v) is 0.513. The van der Waals surface area contributed by atoms with E-state index in [1.165, 1.54) is 14.1 Å². The minimum atomic E-state index is 0. The Morgan fingerprint density at radius 1 is 0.538 bits per heavy atom. The molecule has 0 atom stereocenters. The van der Waals surface area contributed by atoms with Gasteiger partial charge in [-0.05, 0) is 0 Å². The van der Waals surface area contributed by atoms with Crippen LogP contribution in [0.5, 0.6) is 0 Å². The van der Waals surface area contributed by atoms with E-state index in [4.69, 9.17) is 15.5 Å². The van der Waals surface area contributed by atoms with Crippen LogP contribution in [-0.2, 0) is 0 Å². The first-order valence-electron chi connectivity index (χ1n) is 3.67. The van der Waals surface area contributed by atoms with Crippen LogP contribution in [-0.4, -0.2) is 86.1 Å². The smallest absolute Gasteiger partial charge is 1.00 e. The summed E-state index contributed by atoms with van der Waals surface area (Å²) in [6, 6.07) is 0. The molecule has 0 heterocycles. The zero-order valence-electron chi connectivity index (χ0n) is 8.93. The van der Waals surface area contributed by atoms with E-state index in [2.05, 4.69) is 0 Å². The Morgan fingerprint density at radius 3 is 1.00 bits per heavy atom. The molecular weight excluding hydrogens is 263 g/mol. The predicted octanol–water partition coefficient (Wildman–Crippen LogP) is -7.45. The van der Waals surface area contributed by atoms with Gasteiger partial charge in [-0.15, -0.1) is 0 Å². The Hall–Kier alpha value is 2.83. The minimum absolute atomic E-state index is 0. The van der Waals surface area contributed by atoms with Crippen LogP contribution < -0.4 is 68.9 Å². The zero-order valence-corrected chi connectivity index (χ0v) is 14.2. The molecule has 0 aliphatic carbocycles. The normalized spacial score (nSPS) is 6.46. The fraction of sp³-hybridized carbons (Fsp3) is 0. The van der Waals surface area contributed by atoms with E-state index in [0.29, 0.717) is 0 Å². The van der Waals surface area contributed by atoms with Crippen molar-refractivity contribution in [3.05, 3.63) is 0 Å². The molecule has 38 valence electrons. The molecule has 0 aromatic rings. The maximum atomic E-state index is 5.12. The van der Waals surface area contributed by atoms with Crippen LogP contribution in [0, 0.1) is 0 Å².